The van der Waals surface area contributed by atoms with Crippen LogP contribution < -0.4 is 0 Å². The first-order chi connectivity index (χ1) is 6.66. The van der Waals surface area contributed by atoms with Gasteiger partial charge in [-0.2, -0.15) is 0 Å². The zero-order chi connectivity index (χ0) is 10.6. The second kappa shape index (κ2) is 5.32. The van der Waals surface area contributed by atoms with E-state index < -0.39 is 18.2 Å². The number of carbonyl (C=O) groups excluding carboxylic acids is 1. The van der Waals surface area contributed by atoms with Crippen LogP contribution in [0.15, 0.2) is 0 Å². The minimum Gasteiger partial charge on any atom is -0.467 e. The molecular formula is C10H18O4. The Bertz CT molecular complexity index is 187. The highest BCUT2D eigenvalue weighted by atomic mass is 16.5. The average molecular weight is 202 g/mol. The molecule has 4 nitrogen and oxygen atoms in total. The first-order valence-corrected chi connectivity index (χ1v) is 5.10. The van der Waals surface area contributed by atoms with Crippen LogP contribution in [0.25, 0.3) is 0 Å². The molecule has 0 aliphatic heterocycles. The summed E-state index contributed by atoms with van der Waals surface area (Å²) in [6, 6.07) is 0. The normalized spacial score (nSPS) is 22.8. The van der Waals surface area contributed by atoms with E-state index in [0.717, 1.165) is 25.7 Å². The number of aliphatic hydroxyl groups excluding tert-OH is 2. The monoisotopic (exact) mass is 202 g/mol. The Balaban J connectivity index is 2.45. The van der Waals surface area contributed by atoms with Gasteiger partial charge in [0, 0.05) is 0 Å². The third-order valence-electron chi connectivity index (χ3n) is 2.90. The standard InChI is InChI=1S/C10H18O4/c1-14-10(13)9(12)8(11)7-5-3-2-4-6-7/h7-9,11-12H,2-6H2,1H3/t8-,9+/m1/s1. The van der Waals surface area contributed by atoms with Gasteiger partial charge in [0.1, 0.15) is 0 Å². The van der Waals surface area contributed by atoms with Gasteiger partial charge in [-0.3, -0.25) is 0 Å². The predicted molar refractivity (Wildman–Crippen MR) is 50.6 cm³/mol. The van der Waals surface area contributed by atoms with Gasteiger partial charge in [-0.05, 0) is 18.8 Å². The minimum absolute atomic E-state index is 0.0397. The summed E-state index contributed by atoms with van der Waals surface area (Å²) in [6.07, 6.45) is 2.72. The van der Waals surface area contributed by atoms with Crippen LogP contribution in [0.3, 0.4) is 0 Å². The lowest BCUT2D eigenvalue weighted by Crippen LogP contribution is -2.40. The van der Waals surface area contributed by atoms with Crippen molar-refractivity contribution >= 4 is 5.97 Å². The lowest BCUT2D eigenvalue weighted by atomic mass is 9.83. The zero-order valence-electron chi connectivity index (χ0n) is 8.48. The fraction of sp³-hybridized carbons (Fsp3) is 0.900. The first kappa shape index (κ1) is 11.5. The molecule has 0 saturated heterocycles. The molecule has 0 spiro atoms. The van der Waals surface area contributed by atoms with E-state index in [9.17, 15) is 15.0 Å². The molecule has 0 heterocycles. The van der Waals surface area contributed by atoms with Crippen molar-refractivity contribution < 1.29 is 19.7 Å². The molecule has 2 atom stereocenters. The largest absolute Gasteiger partial charge is 0.467 e. The van der Waals surface area contributed by atoms with E-state index in [2.05, 4.69) is 4.74 Å². The summed E-state index contributed by atoms with van der Waals surface area (Å²) in [5, 5.41) is 19.1. The van der Waals surface area contributed by atoms with Crippen molar-refractivity contribution in [2.75, 3.05) is 7.11 Å². The van der Waals surface area contributed by atoms with Gasteiger partial charge in [0.2, 0.25) is 0 Å². The molecule has 1 fully saturated rings. The van der Waals surface area contributed by atoms with E-state index in [0.29, 0.717) is 0 Å². The smallest absolute Gasteiger partial charge is 0.337 e. The quantitative estimate of drug-likeness (QED) is 0.652. The van der Waals surface area contributed by atoms with Gasteiger partial charge in [0.15, 0.2) is 6.10 Å². The molecule has 1 rings (SSSR count). The fourth-order valence-electron chi connectivity index (χ4n) is 1.99. The van der Waals surface area contributed by atoms with Crippen molar-refractivity contribution in [1.29, 1.82) is 0 Å². The number of ether oxygens (including phenoxy) is 1. The Morgan fingerprint density at radius 1 is 1.29 bits per heavy atom. The van der Waals surface area contributed by atoms with Crippen LogP contribution in [-0.4, -0.2) is 35.5 Å². The molecular weight excluding hydrogens is 184 g/mol. The summed E-state index contributed by atoms with van der Waals surface area (Å²) in [7, 11) is 1.21. The Morgan fingerprint density at radius 3 is 2.36 bits per heavy atom. The van der Waals surface area contributed by atoms with Crippen molar-refractivity contribution in [3.8, 4) is 0 Å². The van der Waals surface area contributed by atoms with E-state index in [-0.39, 0.29) is 5.92 Å². The molecule has 82 valence electrons. The molecule has 4 heteroatoms. The summed E-state index contributed by atoms with van der Waals surface area (Å²) in [4.78, 5) is 11.0. The fourth-order valence-corrected chi connectivity index (χ4v) is 1.99. The van der Waals surface area contributed by atoms with E-state index in [1.807, 2.05) is 0 Å². The number of methoxy groups -OCH3 is 1. The zero-order valence-corrected chi connectivity index (χ0v) is 8.48. The second-order valence-corrected chi connectivity index (χ2v) is 3.86. The molecule has 14 heavy (non-hydrogen) atoms. The van der Waals surface area contributed by atoms with Crippen LogP contribution >= 0.6 is 0 Å². The van der Waals surface area contributed by atoms with E-state index in [4.69, 9.17) is 0 Å². The van der Waals surface area contributed by atoms with Gasteiger partial charge in [0.25, 0.3) is 0 Å². The van der Waals surface area contributed by atoms with Crippen molar-refractivity contribution in [3.05, 3.63) is 0 Å². The summed E-state index contributed by atoms with van der Waals surface area (Å²) in [5.74, 6) is -0.707. The SMILES string of the molecule is COC(=O)[C@@H](O)[C@H](O)C1CCCCC1. The van der Waals surface area contributed by atoms with E-state index >= 15 is 0 Å². The maximum absolute atomic E-state index is 11.0. The summed E-state index contributed by atoms with van der Waals surface area (Å²) >= 11 is 0. The minimum atomic E-state index is -1.39. The molecule has 0 aromatic carbocycles. The highest BCUT2D eigenvalue weighted by Gasteiger charge is 2.32. The van der Waals surface area contributed by atoms with Crippen LogP contribution in [0, 0.1) is 5.92 Å². The van der Waals surface area contributed by atoms with Gasteiger partial charge >= 0.3 is 5.97 Å². The van der Waals surface area contributed by atoms with Gasteiger partial charge < -0.3 is 14.9 Å². The van der Waals surface area contributed by atoms with Crippen LogP contribution in [0.4, 0.5) is 0 Å². The first-order valence-electron chi connectivity index (χ1n) is 5.10. The van der Waals surface area contributed by atoms with Crippen LogP contribution in [0.1, 0.15) is 32.1 Å². The molecule has 1 aliphatic rings. The summed E-state index contributed by atoms with van der Waals surface area (Å²) < 4.78 is 4.38. The molecule has 1 saturated carbocycles. The molecule has 0 aromatic rings. The van der Waals surface area contributed by atoms with Crippen LogP contribution in [-0.2, 0) is 9.53 Å². The molecule has 0 radical (unpaired) electrons. The Hall–Kier alpha value is -0.610. The Morgan fingerprint density at radius 2 is 1.86 bits per heavy atom. The van der Waals surface area contributed by atoms with Crippen molar-refractivity contribution in [3.63, 3.8) is 0 Å². The number of aliphatic hydroxyl groups is 2. The lowest BCUT2D eigenvalue weighted by Gasteiger charge is -2.28. The average Bonchev–Trinajstić information content (AvgIpc) is 2.27. The third kappa shape index (κ3) is 2.69. The molecule has 0 aromatic heterocycles. The highest BCUT2D eigenvalue weighted by molar-refractivity contribution is 5.74. The third-order valence-corrected chi connectivity index (χ3v) is 2.90. The van der Waals surface area contributed by atoms with Gasteiger partial charge in [-0.25, -0.2) is 4.79 Å². The number of hydrogen-bond acceptors (Lipinski definition) is 4. The van der Waals surface area contributed by atoms with Gasteiger partial charge in [-0.15, -0.1) is 0 Å². The highest BCUT2D eigenvalue weighted by Crippen LogP contribution is 2.27. The molecule has 1 aliphatic carbocycles. The molecule has 2 N–H and O–H groups in total. The maximum Gasteiger partial charge on any atom is 0.337 e. The number of rotatable bonds is 3. The van der Waals surface area contributed by atoms with E-state index in [1.54, 1.807) is 0 Å². The van der Waals surface area contributed by atoms with Gasteiger partial charge in [-0.1, -0.05) is 19.3 Å². The molecule has 0 unspecified atom stereocenters. The molecule has 0 bridgehead atoms. The maximum atomic E-state index is 11.0. The lowest BCUT2D eigenvalue weighted by molar-refractivity contribution is -0.159. The Labute approximate surface area is 83.9 Å². The second-order valence-electron chi connectivity index (χ2n) is 3.86. The predicted octanol–water partition coefficient (Wildman–Crippen LogP) is 0.461. The number of esters is 1. The number of carbonyl (C=O) groups is 1. The van der Waals surface area contributed by atoms with Crippen molar-refractivity contribution in [2.45, 2.75) is 44.3 Å². The molecule has 0 amide bonds. The summed E-state index contributed by atoms with van der Waals surface area (Å²) in [5.41, 5.74) is 0. The van der Waals surface area contributed by atoms with Gasteiger partial charge in [0.05, 0.1) is 13.2 Å². The Kier molecular flexibility index (Phi) is 4.35. The van der Waals surface area contributed by atoms with Crippen LogP contribution in [0.2, 0.25) is 0 Å². The van der Waals surface area contributed by atoms with Crippen molar-refractivity contribution in [2.24, 2.45) is 5.92 Å². The van der Waals surface area contributed by atoms with Crippen LogP contribution in [0.5, 0.6) is 0 Å². The van der Waals surface area contributed by atoms with E-state index in [1.165, 1.54) is 13.5 Å². The van der Waals surface area contributed by atoms with Crippen molar-refractivity contribution in [1.82, 2.24) is 0 Å². The summed E-state index contributed by atoms with van der Waals surface area (Å²) in [6.45, 7) is 0. The number of hydrogen-bond donors (Lipinski definition) is 2. The topological polar surface area (TPSA) is 66.8 Å².